The number of carbonyl (C=O) groups is 2. The van der Waals surface area contributed by atoms with Crippen molar-refractivity contribution in [2.24, 2.45) is 23.0 Å². The summed E-state index contributed by atoms with van der Waals surface area (Å²) in [4.78, 5) is 27.7. The second-order valence-corrected chi connectivity index (χ2v) is 10.7. The molecule has 2 rings (SSSR count). The molecule has 1 aliphatic heterocycles. The van der Waals surface area contributed by atoms with Gasteiger partial charge in [0.05, 0.1) is 11.6 Å². The van der Waals surface area contributed by atoms with Crippen LogP contribution in [-0.2, 0) is 15.2 Å². The third kappa shape index (κ3) is 5.79. The number of nitrogens with two attached hydrogens (primary N) is 1. The molecule has 0 aliphatic carbocycles. The number of rotatable bonds is 7. The van der Waals surface area contributed by atoms with E-state index in [0.717, 1.165) is 5.56 Å². The summed E-state index contributed by atoms with van der Waals surface area (Å²) in [6.45, 7) is 12.5. The van der Waals surface area contributed by atoms with Gasteiger partial charge in [-0.05, 0) is 42.4 Å². The second-order valence-electron chi connectivity index (χ2n) is 10.2. The highest BCUT2D eigenvalue weighted by atomic mass is 35.5. The Kier molecular flexibility index (Phi) is 8.17. The molecule has 4 N–H and O–H groups in total. The van der Waals surface area contributed by atoms with Crippen LogP contribution < -0.4 is 11.1 Å². The van der Waals surface area contributed by atoms with Crippen LogP contribution in [0.2, 0.25) is 5.02 Å². The Bertz CT molecular complexity index is 779. The van der Waals surface area contributed by atoms with Gasteiger partial charge in [0.25, 0.3) is 0 Å². The van der Waals surface area contributed by atoms with Crippen LogP contribution in [0.3, 0.4) is 0 Å². The zero-order valence-corrected chi connectivity index (χ0v) is 20.4. The van der Waals surface area contributed by atoms with Crippen LogP contribution in [-0.4, -0.2) is 47.0 Å². The maximum atomic E-state index is 13.4. The van der Waals surface area contributed by atoms with Gasteiger partial charge in [0.15, 0.2) is 0 Å². The lowest BCUT2D eigenvalue weighted by atomic mass is 9.66. The lowest BCUT2D eigenvalue weighted by Crippen LogP contribution is -2.61. The Morgan fingerprint density at radius 1 is 1.19 bits per heavy atom. The van der Waals surface area contributed by atoms with Crippen molar-refractivity contribution in [2.45, 2.75) is 72.1 Å². The number of halogens is 1. The van der Waals surface area contributed by atoms with Gasteiger partial charge in [0.2, 0.25) is 11.8 Å². The fraction of sp³-hybridized carbons (Fsp3) is 0.667. The highest BCUT2D eigenvalue weighted by Gasteiger charge is 2.50. The first kappa shape index (κ1) is 25.6. The zero-order chi connectivity index (χ0) is 23.6. The van der Waals surface area contributed by atoms with E-state index in [1.54, 1.807) is 17.0 Å². The lowest BCUT2D eigenvalue weighted by molar-refractivity contribution is -0.156. The molecule has 7 heteroatoms. The largest absolute Gasteiger partial charge is 0.384 e. The molecule has 174 valence electrons. The molecule has 0 aromatic heterocycles. The van der Waals surface area contributed by atoms with Crippen LogP contribution >= 0.6 is 11.6 Å². The summed E-state index contributed by atoms with van der Waals surface area (Å²) < 4.78 is 0. The predicted octanol–water partition coefficient (Wildman–Crippen LogP) is 3.30. The lowest BCUT2D eigenvalue weighted by Gasteiger charge is -2.51. The predicted molar refractivity (Wildman–Crippen MR) is 125 cm³/mol. The molecule has 31 heavy (non-hydrogen) atoms. The summed E-state index contributed by atoms with van der Waals surface area (Å²) in [5, 5.41) is 15.0. The van der Waals surface area contributed by atoms with E-state index in [0.29, 0.717) is 36.9 Å². The maximum Gasteiger partial charge on any atom is 0.245 e. The quantitative estimate of drug-likeness (QED) is 0.592. The number of carbonyl (C=O) groups excluding carboxylic acids is 2. The van der Waals surface area contributed by atoms with Gasteiger partial charge in [-0.15, -0.1) is 0 Å². The number of nitrogens with one attached hydrogen (secondary N) is 1. The Morgan fingerprint density at radius 2 is 1.77 bits per heavy atom. The average Bonchev–Trinajstić information content (AvgIpc) is 2.67. The normalized spacial score (nSPS) is 23.0. The molecule has 1 aromatic carbocycles. The van der Waals surface area contributed by atoms with Crippen molar-refractivity contribution in [1.29, 1.82) is 0 Å². The van der Waals surface area contributed by atoms with Gasteiger partial charge in [-0.2, -0.15) is 0 Å². The maximum absolute atomic E-state index is 13.4. The minimum Gasteiger partial charge on any atom is -0.384 e. The monoisotopic (exact) mass is 451 g/mol. The van der Waals surface area contributed by atoms with Crippen molar-refractivity contribution in [1.82, 2.24) is 10.2 Å². The molecule has 1 aliphatic rings. The first-order valence-corrected chi connectivity index (χ1v) is 11.5. The standard InChI is InChI=1S/C24H38ClN3O3/c1-15(2)13-19(26)21(29)27-20(16(3)4)22(30)28-12-11-24(31,23(5,6)14-28)17-7-9-18(25)10-8-17/h7-10,15-16,19-20,31H,11-14,26H2,1-6H3,(H,27,29)/t19-,20-,24+/m1/s1. The van der Waals surface area contributed by atoms with Crippen LogP contribution in [0, 0.1) is 17.3 Å². The number of nitrogens with zero attached hydrogens (tertiary/aromatic N) is 1. The summed E-state index contributed by atoms with van der Waals surface area (Å²) in [5.41, 5.74) is 5.15. The van der Waals surface area contributed by atoms with Gasteiger partial charge in [0.1, 0.15) is 6.04 Å². The smallest absolute Gasteiger partial charge is 0.245 e. The van der Waals surface area contributed by atoms with Gasteiger partial charge in [-0.1, -0.05) is 65.3 Å². The van der Waals surface area contributed by atoms with Crippen LogP contribution in [0.25, 0.3) is 0 Å². The number of benzene rings is 1. The number of aliphatic hydroxyl groups is 1. The molecule has 0 radical (unpaired) electrons. The van der Waals surface area contributed by atoms with Crippen LogP contribution in [0.4, 0.5) is 0 Å². The van der Waals surface area contributed by atoms with Crippen molar-refractivity contribution in [3.05, 3.63) is 34.9 Å². The Morgan fingerprint density at radius 3 is 2.26 bits per heavy atom. The summed E-state index contributed by atoms with van der Waals surface area (Å²) in [7, 11) is 0. The van der Waals surface area contributed by atoms with Gasteiger partial charge < -0.3 is 21.1 Å². The molecule has 0 saturated carbocycles. The molecular weight excluding hydrogens is 414 g/mol. The zero-order valence-electron chi connectivity index (χ0n) is 19.6. The van der Waals surface area contributed by atoms with Gasteiger partial charge in [0, 0.05) is 23.5 Å². The number of likely N-dealkylation sites (tertiary alicyclic amines) is 1. The molecule has 1 heterocycles. The molecule has 0 bridgehead atoms. The van der Waals surface area contributed by atoms with Crippen molar-refractivity contribution < 1.29 is 14.7 Å². The van der Waals surface area contributed by atoms with Crippen LogP contribution in [0.5, 0.6) is 0 Å². The molecule has 1 fully saturated rings. The van der Waals surface area contributed by atoms with E-state index >= 15 is 0 Å². The van der Waals surface area contributed by atoms with Gasteiger partial charge in [-0.25, -0.2) is 0 Å². The van der Waals surface area contributed by atoms with Gasteiger partial charge >= 0.3 is 0 Å². The number of hydrogen-bond donors (Lipinski definition) is 3. The number of amides is 2. The van der Waals surface area contributed by atoms with Crippen LogP contribution in [0.15, 0.2) is 24.3 Å². The number of hydrogen-bond acceptors (Lipinski definition) is 4. The molecule has 2 amide bonds. The van der Waals surface area contributed by atoms with Crippen molar-refractivity contribution in [3.8, 4) is 0 Å². The number of piperidine rings is 1. The average molecular weight is 452 g/mol. The Hall–Kier alpha value is -1.63. The third-order valence-corrected chi connectivity index (χ3v) is 6.63. The molecule has 1 saturated heterocycles. The van der Waals surface area contributed by atoms with E-state index in [-0.39, 0.29) is 17.7 Å². The topological polar surface area (TPSA) is 95.7 Å². The first-order chi connectivity index (χ1) is 14.3. The van der Waals surface area contributed by atoms with E-state index < -0.39 is 23.1 Å². The van der Waals surface area contributed by atoms with Crippen molar-refractivity contribution in [3.63, 3.8) is 0 Å². The van der Waals surface area contributed by atoms with E-state index in [2.05, 4.69) is 5.32 Å². The van der Waals surface area contributed by atoms with E-state index in [9.17, 15) is 14.7 Å². The molecule has 0 spiro atoms. The fourth-order valence-electron chi connectivity index (χ4n) is 4.36. The highest BCUT2D eigenvalue weighted by molar-refractivity contribution is 6.30. The third-order valence-electron chi connectivity index (χ3n) is 6.38. The van der Waals surface area contributed by atoms with Crippen LogP contribution in [0.1, 0.15) is 59.9 Å². The summed E-state index contributed by atoms with van der Waals surface area (Å²) in [6, 6.07) is 5.94. The van der Waals surface area contributed by atoms with E-state index in [1.165, 1.54) is 0 Å². The Labute approximate surface area is 191 Å². The molecule has 1 aromatic rings. The Balaban J connectivity index is 2.16. The minimum absolute atomic E-state index is 0.0807. The molecular formula is C24H38ClN3O3. The van der Waals surface area contributed by atoms with E-state index in [4.69, 9.17) is 17.3 Å². The minimum atomic E-state index is -1.08. The summed E-state index contributed by atoms with van der Waals surface area (Å²) in [5.74, 6) is -0.216. The molecule has 3 atom stereocenters. The summed E-state index contributed by atoms with van der Waals surface area (Å²) >= 11 is 6.01. The molecule has 0 unspecified atom stereocenters. The van der Waals surface area contributed by atoms with E-state index in [1.807, 2.05) is 53.7 Å². The van der Waals surface area contributed by atoms with Crippen molar-refractivity contribution in [2.75, 3.05) is 13.1 Å². The fourth-order valence-corrected chi connectivity index (χ4v) is 4.48. The second kappa shape index (κ2) is 9.88. The van der Waals surface area contributed by atoms with Gasteiger partial charge in [-0.3, -0.25) is 9.59 Å². The molecule has 6 nitrogen and oxygen atoms in total. The highest BCUT2D eigenvalue weighted by Crippen LogP contribution is 2.46. The summed E-state index contributed by atoms with van der Waals surface area (Å²) in [6.07, 6.45) is 0.967. The van der Waals surface area contributed by atoms with Crippen molar-refractivity contribution >= 4 is 23.4 Å². The SMILES string of the molecule is CC(C)C[C@@H](N)C(=O)N[C@@H](C(=O)N1CC[C@](O)(c2ccc(Cl)cc2)C(C)(C)C1)C(C)C. The first-order valence-electron chi connectivity index (χ1n) is 11.1.